The third-order valence-electron chi connectivity index (χ3n) is 3.39. The summed E-state index contributed by atoms with van der Waals surface area (Å²) < 4.78 is 19.3. The number of nitrogens with zero attached hydrogens (tertiary/aromatic N) is 2. The standard InChI is InChI=1S/C13H15FN2O5/c14-13-9(2-1-3-11(13)16(19)20)7-15-4-5-21-8-10(15)6-12(17)18/h1-3,10H,4-8H2,(H,17,18). The molecule has 0 saturated carbocycles. The topological polar surface area (TPSA) is 92.9 Å². The van der Waals surface area contributed by atoms with Crippen LogP contribution in [0.2, 0.25) is 0 Å². The lowest BCUT2D eigenvalue weighted by atomic mass is 10.1. The van der Waals surface area contributed by atoms with Gasteiger partial charge in [0, 0.05) is 30.8 Å². The molecule has 21 heavy (non-hydrogen) atoms. The maximum atomic E-state index is 14.1. The van der Waals surface area contributed by atoms with Crippen LogP contribution >= 0.6 is 0 Å². The fraction of sp³-hybridized carbons (Fsp3) is 0.462. The first-order chi connectivity index (χ1) is 9.99. The van der Waals surface area contributed by atoms with E-state index >= 15 is 0 Å². The molecule has 0 radical (unpaired) electrons. The van der Waals surface area contributed by atoms with Crippen LogP contribution < -0.4 is 0 Å². The molecular weight excluding hydrogens is 283 g/mol. The van der Waals surface area contributed by atoms with E-state index in [9.17, 15) is 19.3 Å². The molecular formula is C13H15FN2O5. The fourth-order valence-electron chi connectivity index (χ4n) is 2.34. The largest absolute Gasteiger partial charge is 0.481 e. The van der Waals surface area contributed by atoms with E-state index in [1.807, 2.05) is 0 Å². The van der Waals surface area contributed by atoms with Gasteiger partial charge in [0.05, 0.1) is 24.6 Å². The Morgan fingerprint density at radius 2 is 2.33 bits per heavy atom. The number of nitro groups is 1. The van der Waals surface area contributed by atoms with Crippen molar-refractivity contribution in [2.75, 3.05) is 19.8 Å². The number of carboxylic acids is 1. The average molecular weight is 298 g/mol. The average Bonchev–Trinajstić information content (AvgIpc) is 2.42. The van der Waals surface area contributed by atoms with Gasteiger partial charge < -0.3 is 9.84 Å². The van der Waals surface area contributed by atoms with Gasteiger partial charge in [-0.15, -0.1) is 0 Å². The zero-order chi connectivity index (χ0) is 15.4. The van der Waals surface area contributed by atoms with Crippen molar-refractivity contribution in [1.82, 2.24) is 4.90 Å². The Labute approximate surface area is 120 Å². The molecule has 8 heteroatoms. The van der Waals surface area contributed by atoms with Crippen LogP contribution in [0.5, 0.6) is 0 Å². The Morgan fingerprint density at radius 3 is 3.00 bits per heavy atom. The van der Waals surface area contributed by atoms with E-state index in [2.05, 4.69) is 0 Å². The molecule has 7 nitrogen and oxygen atoms in total. The van der Waals surface area contributed by atoms with Crippen LogP contribution in [0.15, 0.2) is 18.2 Å². The van der Waals surface area contributed by atoms with Crippen molar-refractivity contribution >= 4 is 11.7 Å². The van der Waals surface area contributed by atoms with E-state index in [0.29, 0.717) is 13.2 Å². The molecule has 1 aromatic rings. The predicted molar refractivity (Wildman–Crippen MR) is 70.3 cm³/mol. The summed E-state index contributed by atoms with van der Waals surface area (Å²) in [4.78, 5) is 22.6. The summed E-state index contributed by atoms with van der Waals surface area (Å²) in [6.07, 6.45) is -0.115. The van der Waals surface area contributed by atoms with Crippen LogP contribution in [0.25, 0.3) is 0 Å². The van der Waals surface area contributed by atoms with E-state index in [4.69, 9.17) is 9.84 Å². The van der Waals surface area contributed by atoms with Crippen molar-refractivity contribution in [3.05, 3.63) is 39.7 Å². The number of rotatable bonds is 5. The smallest absolute Gasteiger partial charge is 0.305 e. The molecule has 0 aliphatic carbocycles. The molecule has 1 unspecified atom stereocenters. The van der Waals surface area contributed by atoms with Crippen molar-refractivity contribution in [2.24, 2.45) is 0 Å². The molecule has 1 aliphatic rings. The van der Waals surface area contributed by atoms with Crippen LogP contribution in [-0.4, -0.2) is 46.7 Å². The number of benzene rings is 1. The first-order valence-corrected chi connectivity index (χ1v) is 6.44. The number of halogens is 1. The highest BCUT2D eigenvalue weighted by Crippen LogP contribution is 2.23. The van der Waals surface area contributed by atoms with Crippen molar-refractivity contribution in [2.45, 2.75) is 19.0 Å². The Bertz CT molecular complexity index is 551. The molecule has 1 atom stereocenters. The molecule has 0 aromatic heterocycles. The summed E-state index contributed by atoms with van der Waals surface area (Å²) in [6.45, 7) is 1.25. The minimum atomic E-state index is -0.963. The molecule has 1 heterocycles. The van der Waals surface area contributed by atoms with Gasteiger partial charge in [0.2, 0.25) is 5.82 Å². The van der Waals surface area contributed by atoms with E-state index in [0.717, 1.165) is 6.07 Å². The van der Waals surface area contributed by atoms with Gasteiger partial charge in [-0.2, -0.15) is 4.39 Å². The van der Waals surface area contributed by atoms with Crippen LogP contribution in [0, 0.1) is 15.9 Å². The van der Waals surface area contributed by atoms with Crippen LogP contribution in [0.4, 0.5) is 10.1 Å². The monoisotopic (exact) mass is 298 g/mol. The molecule has 0 amide bonds. The van der Waals surface area contributed by atoms with E-state index in [-0.39, 0.29) is 31.2 Å². The summed E-state index contributed by atoms with van der Waals surface area (Å²) in [5, 5.41) is 19.6. The summed E-state index contributed by atoms with van der Waals surface area (Å²) >= 11 is 0. The van der Waals surface area contributed by atoms with Gasteiger partial charge in [0.15, 0.2) is 0 Å². The van der Waals surface area contributed by atoms with Gasteiger partial charge >= 0.3 is 11.7 Å². The molecule has 1 N–H and O–H groups in total. The van der Waals surface area contributed by atoms with Gasteiger partial charge in [0.1, 0.15) is 0 Å². The van der Waals surface area contributed by atoms with Crippen molar-refractivity contribution < 1.29 is 24.0 Å². The quantitative estimate of drug-likeness (QED) is 0.652. The molecule has 1 fully saturated rings. The second-order valence-corrected chi connectivity index (χ2v) is 4.80. The number of ether oxygens (including phenoxy) is 1. The molecule has 2 rings (SSSR count). The SMILES string of the molecule is O=C(O)CC1COCCN1Cc1cccc([N+](=O)[O-])c1F. The number of hydrogen-bond donors (Lipinski definition) is 1. The summed E-state index contributed by atoms with van der Waals surface area (Å²) in [5.41, 5.74) is -0.392. The lowest BCUT2D eigenvalue weighted by Gasteiger charge is -2.34. The summed E-state index contributed by atoms with van der Waals surface area (Å²) in [6, 6.07) is 3.63. The Hall–Kier alpha value is -2.06. The van der Waals surface area contributed by atoms with Crippen molar-refractivity contribution in [3.63, 3.8) is 0 Å². The van der Waals surface area contributed by atoms with E-state index in [1.54, 1.807) is 4.90 Å². The van der Waals surface area contributed by atoms with E-state index < -0.39 is 22.4 Å². The highest BCUT2D eigenvalue weighted by molar-refractivity contribution is 5.67. The van der Waals surface area contributed by atoms with Gasteiger partial charge in [-0.25, -0.2) is 0 Å². The highest BCUT2D eigenvalue weighted by Gasteiger charge is 2.27. The molecule has 0 bridgehead atoms. The Balaban J connectivity index is 2.17. The number of hydrogen-bond acceptors (Lipinski definition) is 5. The van der Waals surface area contributed by atoms with Crippen molar-refractivity contribution in [1.29, 1.82) is 0 Å². The highest BCUT2D eigenvalue weighted by atomic mass is 19.1. The summed E-state index contributed by atoms with van der Waals surface area (Å²) in [7, 11) is 0. The van der Waals surface area contributed by atoms with Gasteiger partial charge in [-0.05, 0) is 0 Å². The number of aliphatic carboxylic acids is 1. The summed E-state index contributed by atoms with van der Waals surface area (Å²) in [5.74, 6) is -1.84. The molecule has 114 valence electrons. The maximum absolute atomic E-state index is 14.1. The number of nitro benzene ring substituents is 1. The number of carbonyl (C=O) groups is 1. The van der Waals surface area contributed by atoms with Gasteiger partial charge in [-0.3, -0.25) is 19.8 Å². The Morgan fingerprint density at radius 1 is 1.57 bits per heavy atom. The first-order valence-electron chi connectivity index (χ1n) is 6.44. The second kappa shape index (κ2) is 6.59. The Kier molecular flexibility index (Phi) is 4.81. The minimum absolute atomic E-state index is 0.115. The lowest BCUT2D eigenvalue weighted by Crippen LogP contribution is -2.46. The zero-order valence-corrected chi connectivity index (χ0v) is 11.2. The zero-order valence-electron chi connectivity index (χ0n) is 11.2. The molecule has 1 aromatic carbocycles. The van der Waals surface area contributed by atoms with Gasteiger partial charge in [0.25, 0.3) is 0 Å². The van der Waals surface area contributed by atoms with Crippen LogP contribution in [-0.2, 0) is 16.1 Å². The number of morpholine rings is 1. The normalized spacial score (nSPS) is 19.4. The maximum Gasteiger partial charge on any atom is 0.305 e. The molecule has 1 aliphatic heterocycles. The lowest BCUT2D eigenvalue weighted by molar-refractivity contribution is -0.387. The third-order valence-corrected chi connectivity index (χ3v) is 3.39. The van der Waals surface area contributed by atoms with Crippen LogP contribution in [0.3, 0.4) is 0 Å². The third kappa shape index (κ3) is 3.73. The minimum Gasteiger partial charge on any atom is -0.481 e. The van der Waals surface area contributed by atoms with Crippen LogP contribution in [0.1, 0.15) is 12.0 Å². The second-order valence-electron chi connectivity index (χ2n) is 4.80. The van der Waals surface area contributed by atoms with E-state index in [1.165, 1.54) is 12.1 Å². The first kappa shape index (κ1) is 15.3. The fourth-order valence-corrected chi connectivity index (χ4v) is 2.34. The van der Waals surface area contributed by atoms with Crippen molar-refractivity contribution in [3.8, 4) is 0 Å². The van der Waals surface area contributed by atoms with Gasteiger partial charge in [-0.1, -0.05) is 12.1 Å². The molecule has 1 saturated heterocycles. The number of carboxylic acid groups (broad SMARTS) is 1. The predicted octanol–water partition coefficient (Wildman–Crippen LogP) is 1.41. The molecule has 0 spiro atoms.